The van der Waals surface area contributed by atoms with Crippen LogP contribution in [0.4, 0.5) is 0 Å². The molecule has 2 aromatic carbocycles. The number of fused-ring (bicyclic) bond motifs is 3. The van der Waals surface area contributed by atoms with E-state index in [1.807, 2.05) is 18.2 Å². The van der Waals surface area contributed by atoms with E-state index in [2.05, 4.69) is 21.0 Å². The summed E-state index contributed by atoms with van der Waals surface area (Å²) in [6.07, 6.45) is 0.644. The van der Waals surface area contributed by atoms with Crippen LogP contribution in [0.25, 0.3) is 16.9 Å². The standard InChI is InChI=1S/C18H12BrClN2O2/c19-12-1-6-16-15(10-12)18-11(7-8-24-16)9-17(23)22(21-18)14-4-2-13(20)3-5-14/h1-6,9-10H,7-8H2. The van der Waals surface area contributed by atoms with Crippen molar-refractivity contribution >= 4 is 27.5 Å². The van der Waals surface area contributed by atoms with Gasteiger partial charge in [0.1, 0.15) is 5.75 Å². The molecule has 6 heteroatoms. The Morgan fingerprint density at radius 1 is 1.12 bits per heavy atom. The van der Waals surface area contributed by atoms with Gasteiger partial charge in [-0.25, -0.2) is 0 Å². The average Bonchev–Trinajstić information content (AvgIpc) is 2.74. The van der Waals surface area contributed by atoms with Crippen molar-refractivity contribution in [1.29, 1.82) is 0 Å². The highest BCUT2D eigenvalue weighted by Crippen LogP contribution is 2.35. The van der Waals surface area contributed by atoms with E-state index in [-0.39, 0.29) is 5.56 Å². The van der Waals surface area contributed by atoms with Gasteiger partial charge in [0.2, 0.25) is 0 Å². The quantitative estimate of drug-likeness (QED) is 0.610. The molecule has 4 nitrogen and oxygen atoms in total. The monoisotopic (exact) mass is 402 g/mol. The number of halogens is 2. The second kappa shape index (κ2) is 6.07. The first-order chi connectivity index (χ1) is 11.6. The highest BCUT2D eigenvalue weighted by Gasteiger charge is 2.19. The number of nitrogens with zero attached hydrogens (tertiary/aromatic N) is 2. The molecule has 0 atom stereocenters. The van der Waals surface area contributed by atoms with E-state index in [1.54, 1.807) is 30.3 Å². The Morgan fingerprint density at radius 2 is 1.92 bits per heavy atom. The maximum Gasteiger partial charge on any atom is 0.271 e. The third-order valence-electron chi connectivity index (χ3n) is 3.91. The summed E-state index contributed by atoms with van der Waals surface area (Å²) in [4.78, 5) is 12.5. The fraction of sp³-hybridized carbons (Fsp3) is 0.111. The molecular weight excluding hydrogens is 392 g/mol. The molecule has 0 spiro atoms. The van der Waals surface area contributed by atoms with Gasteiger partial charge in [0.25, 0.3) is 5.56 Å². The molecular formula is C18H12BrClN2O2. The van der Waals surface area contributed by atoms with E-state index in [0.29, 0.717) is 23.7 Å². The smallest absolute Gasteiger partial charge is 0.271 e. The van der Waals surface area contributed by atoms with Crippen LogP contribution in [-0.4, -0.2) is 16.4 Å². The fourth-order valence-corrected chi connectivity index (χ4v) is 3.25. The van der Waals surface area contributed by atoms with Gasteiger partial charge in [-0.3, -0.25) is 4.79 Å². The van der Waals surface area contributed by atoms with Crippen molar-refractivity contribution in [1.82, 2.24) is 9.78 Å². The zero-order valence-electron chi connectivity index (χ0n) is 12.5. The molecule has 0 saturated heterocycles. The number of ether oxygens (including phenoxy) is 1. The topological polar surface area (TPSA) is 44.1 Å². The Hall–Kier alpha value is -2.11. The number of benzene rings is 2. The van der Waals surface area contributed by atoms with E-state index < -0.39 is 0 Å². The highest BCUT2D eigenvalue weighted by molar-refractivity contribution is 9.10. The van der Waals surface area contributed by atoms with Gasteiger partial charge >= 0.3 is 0 Å². The molecule has 0 amide bonds. The lowest BCUT2D eigenvalue weighted by atomic mass is 10.0. The van der Waals surface area contributed by atoms with E-state index >= 15 is 0 Å². The van der Waals surface area contributed by atoms with Gasteiger partial charge in [-0.15, -0.1) is 0 Å². The molecule has 0 fully saturated rings. The van der Waals surface area contributed by atoms with Crippen LogP contribution in [0.3, 0.4) is 0 Å². The van der Waals surface area contributed by atoms with Crippen LogP contribution >= 0.6 is 27.5 Å². The van der Waals surface area contributed by atoms with Crippen molar-refractivity contribution < 1.29 is 4.74 Å². The largest absolute Gasteiger partial charge is 0.493 e. The number of rotatable bonds is 1. The third-order valence-corrected chi connectivity index (χ3v) is 4.65. The van der Waals surface area contributed by atoms with E-state index in [1.165, 1.54) is 4.68 Å². The molecule has 0 unspecified atom stereocenters. The van der Waals surface area contributed by atoms with Gasteiger partial charge in [0.15, 0.2) is 0 Å². The molecule has 0 radical (unpaired) electrons. The predicted molar refractivity (Wildman–Crippen MR) is 97.2 cm³/mol. The Balaban J connectivity index is 1.96. The number of hydrogen-bond donors (Lipinski definition) is 0. The van der Waals surface area contributed by atoms with Crippen LogP contribution in [-0.2, 0) is 6.42 Å². The van der Waals surface area contributed by atoms with Crippen molar-refractivity contribution in [3.05, 3.63) is 73.9 Å². The van der Waals surface area contributed by atoms with Gasteiger partial charge in [0.05, 0.1) is 18.0 Å². The summed E-state index contributed by atoms with van der Waals surface area (Å²) in [5.41, 5.74) is 3.03. The minimum atomic E-state index is -0.172. The average molecular weight is 404 g/mol. The molecule has 0 aliphatic carbocycles. The molecule has 1 aliphatic heterocycles. The van der Waals surface area contributed by atoms with Gasteiger partial charge in [-0.1, -0.05) is 27.5 Å². The zero-order chi connectivity index (χ0) is 16.7. The SMILES string of the molecule is O=c1cc2c(nn1-c1ccc(Cl)cc1)-c1cc(Br)ccc1OCC2. The lowest BCUT2D eigenvalue weighted by Gasteiger charge is -2.11. The maximum absolute atomic E-state index is 12.5. The van der Waals surface area contributed by atoms with Crippen LogP contribution in [0.15, 0.2) is 57.8 Å². The first kappa shape index (κ1) is 15.4. The molecule has 0 bridgehead atoms. The van der Waals surface area contributed by atoms with Crippen molar-refractivity contribution in [3.63, 3.8) is 0 Å². The molecule has 2 heterocycles. The normalized spacial score (nSPS) is 12.8. The summed E-state index contributed by atoms with van der Waals surface area (Å²) >= 11 is 9.42. The van der Waals surface area contributed by atoms with Gasteiger partial charge < -0.3 is 4.74 Å². The fourth-order valence-electron chi connectivity index (χ4n) is 2.76. The molecule has 4 rings (SSSR count). The molecule has 120 valence electrons. The minimum absolute atomic E-state index is 0.172. The molecule has 0 saturated carbocycles. The summed E-state index contributed by atoms with van der Waals surface area (Å²) in [5.74, 6) is 0.769. The Kier molecular flexibility index (Phi) is 3.90. The van der Waals surface area contributed by atoms with Gasteiger partial charge in [-0.2, -0.15) is 9.78 Å². The van der Waals surface area contributed by atoms with Crippen molar-refractivity contribution in [3.8, 4) is 22.7 Å². The predicted octanol–water partition coefficient (Wildman–Crippen LogP) is 4.25. The lowest BCUT2D eigenvalue weighted by molar-refractivity contribution is 0.326. The Labute approximate surface area is 151 Å². The first-order valence-electron chi connectivity index (χ1n) is 7.44. The molecule has 0 N–H and O–H groups in total. The summed E-state index contributed by atoms with van der Waals surface area (Å²) in [5, 5.41) is 5.23. The van der Waals surface area contributed by atoms with Crippen molar-refractivity contribution in [2.45, 2.75) is 6.42 Å². The third kappa shape index (κ3) is 2.74. The first-order valence-corrected chi connectivity index (χ1v) is 8.61. The van der Waals surface area contributed by atoms with Crippen LogP contribution in [0.1, 0.15) is 5.56 Å². The Morgan fingerprint density at radius 3 is 2.71 bits per heavy atom. The maximum atomic E-state index is 12.5. The van der Waals surface area contributed by atoms with Crippen LogP contribution < -0.4 is 10.3 Å². The molecule has 24 heavy (non-hydrogen) atoms. The second-order valence-corrected chi connectivity index (χ2v) is 6.84. The summed E-state index contributed by atoms with van der Waals surface area (Å²) in [6, 6.07) is 14.5. The second-order valence-electron chi connectivity index (χ2n) is 5.48. The van der Waals surface area contributed by atoms with Gasteiger partial charge in [0, 0.05) is 27.5 Å². The van der Waals surface area contributed by atoms with E-state index in [4.69, 9.17) is 16.3 Å². The van der Waals surface area contributed by atoms with Crippen LogP contribution in [0.5, 0.6) is 5.75 Å². The summed E-state index contributed by atoms with van der Waals surface area (Å²) in [6.45, 7) is 0.522. The van der Waals surface area contributed by atoms with Crippen molar-refractivity contribution in [2.75, 3.05) is 6.61 Å². The van der Waals surface area contributed by atoms with Crippen LogP contribution in [0.2, 0.25) is 5.02 Å². The molecule has 3 aromatic rings. The number of aromatic nitrogens is 2. The van der Waals surface area contributed by atoms with Gasteiger partial charge in [-0.05, 0) is 48.0 Å². The van der Waals surface area contributed by atoms with E-state index in [9.17, 15) is 4.79 Å². The van der Waals surface area contributed by atoms with E-state index in [0.717, 1.165) is 27.0 Å². The molecule has 1 aliphatic rings. The summed E-state index contributed by atoms with van der Waals surface area (Å²) in [7, 11) is 0. The highest BCUT2D eigenvalue weighted by atomic mass is 79.9. The van der Waals surface area contributed by atoms with Crippen LogP contribution in [0, 0.1) is 0 Å². The Bertz CT molecular complexity index is 983. The summed E-state index contributed by atoms with van der Waals surface area (Å²) < 4.78 is 8.13. The zero-order valence-corrected chi connectivity index (χ0v) is 14.8. The molecule has 1 aromatic heterocycles. The van der Waals surface area contributed by atoms with Crippen molar-refractivity contribution in [2.24, 2.45) is 0 Å². The number of hydrogen-bond acceptors (Lipinski definition) is 3. The lowest BCUT2D eigenvalue weighted by Crippen LogP contribution is -2.22. The minimum Gasteiger partial charge on any atom is -0.493 e.